The van der Waals surface area contributed by atoms with E-state index in [1.807, 2.05) is 24.9 Å². The zero-order valence-corrected chi connectivity index (χ0v) is 14.1. The average molecular weight is 389 g/mol. The second-order valence-corrected chi connectivity index (χ2v) is 5.53. The summed E-state index contributed by atoms with van der Waals surface area (Å²) in [4.78, 5) is 7.31. The van der Waals surface area contributed by atoms with Gasteiger partial charge >= 0.3 is 0 Å². The Bertz CT molecular complexity index is 317. The molecule has 0 saturated carbocycles. The average Bonchev–Trinajstić information content (AvgIpc) is 2.63. The molecule has 92 valence electrons. The summed E-state index contributed by atoms with van der Waals surface area (Å²) in [7, 11) is 0. The normalized spacial score (nSPS) is 9.62. The molecular formula is C9H16IN3S3. The monoisotopic (exact) mass is 389 g/mol. The summed E-state index contributed by atoms with van der Waals surface area (Å²) >= 11 is 8.47. The molecule has 16 heavy (non-hydrogen) atoms. The van der Waals surface area contributed by atoms with E-state index >= 15 is 0 Å². The number of aryl methyl sites for hydroxylation is 1. The number of imidazole rings is 1. The first-order valence-electron chi connectivity index (χ1n) is 4.62. The van der Waals surface area contributed by atoms with Gasteiger partial charge in [-0.2, -0.15) is 11.8 Å². The third-order valence-corrected chi connectivity index (χ3v) is 4.00. The van der Waals surface area contributed by atoms with Crippen LogP contribution in [0.2, 0.25) is 0 Å². The van der Waals surface area contributed by atoms with Crippen LogP contribution in [0, 0.1) is 6.92 Å². The van der Waals surface area contributed by atoms with Gasteiger partial charge in [0.25, 0.3) is 0 Å². The first kappa shape index (κ1) is 16.5. The Balaban J connectivity index is 0.00000225. The van der Waals surface area contributed by atoms with Crippen LogP contribution in [0.25, 0.3) is 0 Å². The molecule has 1 aromatic heterocycles. The van der Waals surface area contributed by atoms with Crippen LogP contribution in [0.5, 0.6) is 0 Å². The van der Waals surface area contributed by atoms with E-state index < -0.39 is 0 Å². The largest absolute Gasteiger partial charge is 0.370 e. The Morgan fingerprint density at radius 2 is 2.38 bits per heavy atom. The summed E-state index contributed by atoms with van der Waals surface area (Å²) < 4.78 is 0.867. The molecule has 1 aromatic rings. The molecule has 0 atom stereocenters. The fraction of sp³-hybridized carbons (Fsp3) is 0.556. The Morgan fingerprint density at radius 1 is 1.62 bits per heavy atom. The minimum Gasteiger partial charge on any atom is -0.370 e. The van der Waals surface area contributed by atoms with Gasteiger partial charge in [0.05, 0.1) is 12.0 Å². The highest BCUT2D eigenvalue weighted by Gasteiger charge is 2.00. The molecule has 7 heteroatoms. The molecule has 1 heterocycles. The summed E-state index contributed by atoms with van der Waals surface area (Å²) in [5.41, 5.74) is 2.31. The quantitative estimate of drug-likeness (QED) is 0.461. The van der Waals surface area contributed by atoms with Crippen molar-refractivity contribution >= 4 is 64.0 Å². The molecular weight excluding hydrogens is 373 g/mol. The van der Waals surface area contributed by atoms with Crippen LogP contribution in [0.3, 0.4) is 0 Å². The smallest absolute Gasteiger partial charge is 0.133 e. The minimum absolute atomic E-state index is 0. The topological polar surface area (TPSA) is 40.7 Å². The fourth-order valence-corrected chi connectivity index (χ4v) is 2.22. The maximum absolute atomic E-state index is 5.03. The van der Waals surface area contributed by atoms with E-state index in [0.29, 0.717) is 0 Å². The van der Waals surface area contributed by atoms with E-state index in [-0.39, 0.29) is 24.0 Å². The summed E-state index contributed by atoms with van der Waals surface area (Å²) in [6, 6.07) is 0. The molecule has 2 N–H and O–H groups in total. The fourth-order valence-electron chi connectivity index (χ4n) is 0.999. The molecule has 0 radical (unpaired) electrons. The highest BCUT2D eigenvalue weighted by molar-refractivity contribution is 14.0. The second-order valence-electron chi connectivity index (χ2n) is 2.95. The highest BCUT2D eigenvalue weighted by atomic mass is 127. The van der Waals surface area contributed by atoms with E-state index in [2.05, 4.69) is 15.3 Å². The zero-order valence-electron chi connectivity index (χ0n) is 9.28. The number of aromatic amines is 1. The first-order chi connectivity index (χ1) is 7.24. The van der Waals surface area contributed by atoms with Gasteiger partial charge in [-0.1, -0.05) is 12.2 Å². The van der Waals surface area contributed by atoms with Crippen LogP contribution in [-0.2, 0) is 5.75 Å². The lowest BCUT2D eigenvalue weighted by molar-refractivity contribution is 1.00. The van der Waals surface area contributed by atoms with Crippen LogP contribution in [0.1, 0.15) is 11.4 Å². The van der Waals surface area contributed by atoms with Gasteiger partial charge in [-0.25, -0.2) is 4.98 Å². The van der Waals surface area contributed by atoms with Crippen LogP contribution >= 0.6 is 59.7 Å². The number of halogens is 1. The maximum Gasteiger partial charge on any atom is 0.133 e. The van der Waals surface area contributed by atoms with E-state index in [1.165, 1.54) is 0 Å². The van der Waals surface area contributed by atoms with Gasteiger partial charge < -0.3 is 10.3 Å². The number of rotatable bonds is 5. The predicted molar refractivity (Wildman–Crippen MR) is 89.0 cm³/mol. The highest BCUT2D eigenvalue weighted by Crippen LogP contribution is 2.11. The van der Waals surface area contributed by atoms with Crippen molar-refractivity contribution in [3.05, 3.63) is 17.7 Å². The lowest BCUT2D eigenvalue weighted by Crippen LogP contribution is -2.20. The molecule has 0 aliphatic heterocycles. The summed E-state index contributed by atoms with van der Waals surface area (Å²) in [5, 5.41) is 3.17. The van der Waals surface area contributed by atoms with Crippen molar-refractivity contribution < 1.29 is 0 Å². The number of hydrogen-bond donors (Lipinski definition) is 2. The Hall–Kier alpha value is 0.530. The van der Waals surface area contributed by atoms with Gasteiger partial charge in [-0.15, -0.1) is 35.7 Å². The first-order valence-corrected chi connectivity index (χ1v) is 7.41. The molecule has 1 rings (SSSR count). The third kappa shape index (κ3) is 6.31. The van der Waals surface area contributed by atoms with Gasteiger partial charge in [0.1, 0.15) is 4.32 Å². The number of aromatic nitrogens is 2. The lowest BCUT2D eigenvalue weighted by Gasteiger charge is -2.04. The standard InChI is InChI=1S/C9H15N3S3.HI/c1-7-8(12-6-11-7)5-15-4-3-10-9(13)14-2;/h6H,3-5H2,1-2H3,(H,10,13)(H,11,12);1H. The molecule has 0 bridgehead atoms. The van der Waals surface area contributed by atoms with E-state index in [1.54, 1.807) is 18.1 Å². The lowest BCUT2D eigenvalue weighted by atomic mass is 10.4. The molecule has 0 unspecified atom stereocenters. The van der Waals surface area contributed by atoms with Crippen molar-refractivity contribution in [2.24, 2.45) is 0 Å². The maximum atomic E-state index is 5.03. The van der Waals surface area contributed by atoms with Gasteiger partial charge in [0.15, 0.2) is 0 Å². The van der Waals surface area contributed by atoms with Gasteiger partial charge in [0, 0.05) is 23.7 Å². The zero-order chi connectivity index (χ0) is 11.1. The van der Waals surface area contributed by atoms with Crippen molar-refractivity contribution in [2.45, 2.75) is 12.7 Å². The molecule has 0 fully saturated rings. The molecule has 0 spiro atoms. The van der Waals surface area contributed by atoms with Crippen LogP contribution < -0.4 is 5.32 Å². The molecule has 0 saturated heterocycles. The van der Waals surface area contributed by atoms with Crippen molar-refractivity contribution in [1.82, 2.24) is 15.3 Å². The van der Waals surface area contributed by atoms with Crippen LogP contribution in [-0.4, -0.2) is 32.8 Å². The molecule has 0 aliphatic carbocycles. The van der Waals surface area contributed by atoms with E-state index in [9.17, 15) is 0 Å². The second kappa shape index (κ2) is 9.55. The Morgan fingerprint density at radius 3 is 2.94 bits per heavy atom. The Labute approximate surface area is 127 Å². The summed E-state index contributed by atoms with van der Waals surface area (Å²) in [5.74, 6) is 2.01. The predicted octanol–water partition coefficient (Wildman–Crippen LogP) is 2.81. The number of nitrogens with one attached hydrogen (secondary N) is 2. The number of H-pyrrole nitrogens is 1. The summed E-state index contributed by atoms with van der Waals surface area (Å²) in [6.45, 7) is 2.97. The molecule has 0 aromatic carbocycles. The van der Waals surface area contributed by atoms with Gasteiger partial charge in [-0.05, 0) is 13.2 Å². The summed E-state index contributed by atoms with van der Waals surface area (Å²) in [6.07, 6.45) is 3.72. The number of thiocarbonyl (C=S) groups is 1. The van der Waals surface area contributed by atoms with Crippen molar-refractivity contribution in [2.75, 3.05) is 18.6 Å². The van der Waals surface area contributed by atoms with E-state index in [4.69, 9.17) is 12.2 Å². The molecule has 3 nitrogen and oxygen atoms in total. The number of nitrogens with zero attached hydrogens (tertiary/aromatic N) is 1. The van der Waals surface area contributed by atoms with Crippen LogP contribution in [0.4, 0.5) is 0 Å². The number of hydrogen-bond acceptors (Lipinski definition) is 4. The van der Waals surface area contributed by atoms with Gasteiger partial charge in [0.2, 0.25) is 0 Å². The third-order valence-electron chi connectivity index (χ3n) is 1.87. The van der Waals surface area contributed by atoms with E-state index in [0.717, 1.165) is 33.8 Å². The van der Waals surface area contributed by atoms with Crippen molar-refractivity contribution in [3.8, 4) is 0 Å². The van der Waals surface area contributed by atoms with Crippen molar-refractivity contribution in [1.29, 1.82) is 0 Å². The Kier molecular flexibility index (Phi) is 9.87. The SMILES string of the molecule is CSC(=S)NCCSCc1nc[nH]c1C.I. The molecule has 0 amide bonds. The molecule has 0 aliphatic rings. The van der Waals surface area contributed by atoms with Crippen LogP contribution in [0.15, 0.2) is 6.33 Å². The minimum atomic E-state index is 0. The van der Waals surface area contributed by atoms with Crippen molar-refractivity contribution in [3.63, 3.8) is 0 Å². The van der Waals surface area contributed by atoms with Gasteiger partial charge in [-0.3, -0.25) is 0 Å². The number of thioether (sulfide) groups is 2.